The molecule has 0 aliphatic carbocycles. The molecule has 0 radical (unpaired) electrons. The average Bonchev–Trinajstić information content (AvgIpc) is 2.16. The molecule has 0 unspecified atom stereocenters. The zero-order valence-corrected chi connectivity index (χ0v) is 7.56. The summed E-state index contributed by atoms with van der Waals surface area (Å²) in [5, 5.41) is 0. The molecule has 0 fully saturated rings. The molecule has 76 valence electrons. The molecule has 0 spiro atoms. The Morgan fingerprint density at radius 2 is 2.21 bits per heavy atom. The molecular formula is C8H5ClF3NO. The van der Waals surface area contributed by atoms with E-state index in [1.54, 1.807) is 0 Å². The second-order valence-electron chi connectivity index (χ2n) is 2.45. The molecule has 0 amide bonds. The van der Waals surface area contributed by atoms with Crippen molar-refractivity contribution in [2.75, 3.05) is 0 Å². The van der Waals surface area contributed by atoms with Gasteiger partial charge in [0.1, 0.15) is 11.5 Å². The lowest BCUT2D eigenvalue weighted by Crippen LogP contribution is -2.04. The summed E-state index contributed by atoms with van der Waals surface area (Å²) in [6, 6.07) is 0. The number of aldehydes is 1. The minimum absolute atomic E-state index is 0.0859. The second kappa shape index (κ2) is 4.41. The van der Waals surface area contributed by atoms with Crippen molar-refractivity contribution in [1.82, 2.24) is 4.98 Å². The van der Waals surface area contributed by atoms with Crippen LogP contribution in [-0.4, -0.2) is 11.3 Å². The van der Waals surface area contributed by atoms with Gasteiger partial charge < -0.3 is 0 Å². The second-order valence-corrected chi connectivity index (χ2v) is 2.72. The van der Waals surface area contributed by atoms with Crippen LogP contribution in [-0.2, 0) is 5.88 Å². The van der Waals surface area contributed by atoms with Crippen LogP contribution in [0.25, 0.3) is 0 Å². The number of aromatic nitrogens is 1. The molecule has 1 heterocycles. The highest BCUT2D eigenvalue weighted by molar-refractivity contribution is 6.17. The minimum atomic E-state index is -3.08. The van der Waals surface area contributed by atoms with Crippen LogP contribution < -0.4 is 0 Å². The highest BCUT2D eigenvalue weighted by Gasteiger charge is 2.21. The molecule has 0 bridgehead atoms. The van der Waals surface area contributed by atoms with Gasteiger partial charge in [-0.3, -0.25) is 9.78 Å². The van der Waals surface area contributed by atoms with Crippen molar-refractivity contribution in [2.24, 2.45) is 0 Å². The number of carbonyl (C=O) groups excluding carboxylic acids is 1. The maximum absolute atomic E-state index is 13.2. The number of hydrogen-bond donors (Lipinski definition) is 0. The molecule has 0 N–H and O–H groups in total. The van der Waals surface area contributed by atoms with Gasteiger partial charge in [0.15, 0.2) is 6.29 Å². The van der Waals surface area contributed by atoms with Gasteiger partial charge in [-0.2, -0.15) is 0 Å². The van der Waals surface area contributed by atoms with Crippen molar-refractivity contribution in [3.63, 3.8) is 0 Å². The van der Waals surface area contributed by atoms with Crippen molar-refractivity contribution < 1.29 is 18.0 Å². The van der Waals surface area contributed by atoms with Crippen LogP contribution in [0, 0.1) is 5.82 Å². The fourth-order valence-electron chi connectivity index (χ4n) is 0.954. The predicted molar refractivity (Wildman–Crippen MR) is 44.1 cm³/mol. The quantitative estimate of drug-likeness (QED) is 0.583. The van der Waals surface area contributed by atoms with E-state index in [2.05, 4.69) is 4.98 Å². The van der Waals surface area contributed by atoms with E-state index in [4.69, 9.17) is 11.6 Å². The molecule has 1 aromatic rings. The van der Waals surface area contributed by atoms with E-state index in [1.165, 1.54) is 0 Å². The van der Waals surface area contributed by atoms with Gasteiger partial charge in [0.2, 0.25) is 0 Å². The first kappa shape index (κ1) is 11.0. The summed E-state index contributed by atoms with van der Waals surface area (Å²) in [5.41, 5.74) is -1.72. The van der Waals surface area contributed by atoms with Crippen LogP contribution in [0.3, 0.4) is 0 Å². The largest absolute Gasteiger partial charge is 0.296 e. The topological polar surface area (TPSA) is 30.0 Å². The number of rotatable bonds is 3. The van der Waals surface area contributed by atoms with E-state index in [-0.39, 0.29) is 17.7 Å². The van der Waals surface area contributed by atoms with Crippen LogP contribution in [0.4, 0.5) is 13.2 Å². The van der Waals surface area contributed by atoms with Crippen LogP contribution in [0.1, 0.15) is 28.0 Å². The molecule has 0 aliphatic heterocycles. The monoisotopic (exact) mass is 223 g/mol. The SMILES string of the molecule is O=Cc1ncc(CCl)c(F)c1C(F)F. The van der Waals surface area contributed by atoms with Gasteiger partial charge in [-0.05, 0) is 0 Å². The van der Waals surface area contributed by atoms with Crippen LogP contribution in [0.2, 0.25) is 0 Å². The van der Waals surface area contributed by atoms with Gasteiger partial charge in [-0.25, -0.2) is 13.2 Å². The molecule has 0 aromatic carbocycles. The Balaban J connectivity index is 3.38. The smallest absolute Gasteiger partial charge is 0.268 e. The van der Waals surface area contributed by atoms with E-state index < -0.39 is 23.5 Å². The Morgan fingerprint density at radius 1 is 1.57 bits per heavy atom. The molecule has 1 aromatic heterocycles. The highest BCUT2D eigenvalue weighted by atomic mass is 35.5. The number of alkyl halides is 3. The van der Waals surface area contributed by atoms with Gasteiger partial charge in [0.25, 0.3) is 6.43 Å². The molecule has 1 rings (SSSR count). The van der Waals surface area contributed by atoms with Crippen molar-refractivity contribution in [3.8, 4) is 0 Å². The number of pyridine rings is 1. The third kappa shape index (κ3) is 1.87. The van der Waals surface area contributed by atoms with Crippen LogP contribution in [0.15, 0.2) is 6.20 Å². The van der Waals surface area contributed by atoms with Gasteiger partial charge in [-0.15, -0.1) is 11.6 Å². The summed E-state index contributed by atoms with van der Waals surface area (Å²) in [5.74, 6) is -1.43. The lowest BCUT2D eigenvalue weighted by molar-refractivity contribution is 0.109. The average molecular weight is 224 g/mol. The zero-order valence-electron chi connectivity index (χ0n) is 6.81. The maximum atomic E-state index is 13.2. The highest BCUT2D eigenvalue weighted by Crippen LogP contribution is 2.26. The Bertz CT molecular complexity index is 357. The minimum Gasteiger partial charge on any atom is -0.296 e. The van der Waals surface area contributed by atoms with Gasteiger partial charge in [0, 0.05) is 11.8 Å². The summed E-state index contributed by atoms with van der Waals surface area (Å²) in [4.78, 5) is 13.7. The Kier molecular flexibility index (Phi) is 3.46. The molecule has 2 nitrogen and oxygen atoms in total. The van der Waals surface area contributed by atoms with Crippen molar-refractivity contribution in [1.29, 1.82) is 0 Å². The Morgan fingerprint density at radius 3 is 2.64 bits per heavy atom. The summed E-state index contributed by atoms with van der Waals surface area (Å²) in [6.07, 6.45) is -2.02. The van der Waals surface area contributed by atoms with Gasteiger partial charge in [0.05, 0.1) is 11.4 Å². The lowest BCUT2D eigenvalue weighted by Gasteiger charge is -2.06. The number of hydrogen-bond acceptors (Lipinski definition) is 2. The first-order valence-corrected chi connectivity index (χ1v) is 4.11. The molecule has 0 aliphatic rings. The molecule has 0 saturated carbocycles. The lowest BCUT2D eigenvalue weighted by atomic mass is 10.1. The normalized spacial score (nSPS) is 10.6. The maximum Gasteiger partial charge on any atom is 0.268 e. The Labute approximate surface area is 82.7 Å². The number of nitrogens with zero attached hydrogens (tertiary/aromatic N) is 1. The Hall–Kier alpha value is -1.10. The summed E-state index contributed by atoms with van der Waals surface area (Å²) < 4.78 is 37.8. The van der Waals surface area contributed by atoms with Crippen molar-refractivity contribution in [2.45, 2.75) is 12.3 Å². The molecule has 6 heteroatoms. The fraction of sp³-hybridized carbons (Fsp3) is 0.250. The van der Waals surface area contributed by atoms with E-state index in [0.717, 1.165) is 6.20 Å². The van der Waals surface area contributed by atoms with Crippen LogP contribution in [0.5, 0.6) is 0 Å². The first-order chi connectivity index (χ1) is 6.61. The molecular weight excluding hydrogens is 219 g/mol. The fourth-order valence-corrected chi connectivity index (χ4v) is 1.14. The molecule has 14 heavy (non-hydrogen) atoms. The van der Waals surface area contributed by atoms with E-state index in [1.807, 2.05) is 0 Å². The van der Waals surface area contributed by atoms with Crippen molar-refractivity contribution in [3.05, 3.63) is 28.8 Å². The van der Waals surface area contributed by atoms with Crippen molar-refractivity contribution >= 4 is 17.9 Å². The van der Waals surface area contributed by atoms with E-state index >= 15 is 0 Å². The van der Waals surface area contributed by atoms with Crippen LogP contribution >= 0.6 is 11.6 Å². The standard InChI is InChI=1S/C8H5ClF3NO/c9-1-4-2-13-5(3-14)6(7(4)10)8(11)12/h2-3,8H,1H2. The summed E-state index contributed by atoms with van der Waals surface area (Å²) in [6.45, 7) is 0. The first-order valence-electron chi connectivity index (χ1n) is 3.58. The third-order valence-corrected chi connectivity index (χ3v) is 1.92. The zero-order chi connectivity index (χ0) is 10.7. The third-order valence-electron chi connectivity index (χ3n) is 1.63. The number of carbonyl (C=O) groups is 1. The predicted octanol–water partition coefficient (Wildman–Crippen LogP) is 2.71. The molecule has 0 atom stereocenters. The summed E-state index contributed by atoms with van der Waals surface area (Å²) >= 11 is 5.29. The van der Waals surface area contributed by atoms with E-state index in [9.17, 15) is 18.0 Å². The van der Waals surface area contributed by atoms with Gasteiger partial charge >= 0.3 is 0 Å². The van der Waals surface area contributed by atoms with Gasteiger partial charge in [-0.1, -0.05) is 0 Å². The number of halogens is 4. The van der Waals surface area contributed by atoms with E-state index in [0.29, 0.717) is 0 Å². The molecule has 0 saturated heterocycles. The summed E-state index contributed by atoms with van der Waals surface area (Å²) in [7, 11) is 0.